The molecule has 1 saturated heterocycles. The smallest absolute Gasteiger partial charge is 0.478 e. The molecule has 9 nitrogen and oxygen atoms in total. The number of hydrogen-bond acceptors (Lipinski definition) is 5. The molecule has 2 aromatic carbocycles. The zero-order valence-corrected chi connectivity index (χ0v) is 20.8. The van der Waals surface area contributed by atoms with Crippen molar-refractivity contribution in [2.45, 2.75) is 12.6 Å². The van der Waals surface area contributed by atoms with Crippen molar-refractivity contribution in [2.75, 3.05) is 56.7 Å². The largest absolute Gasteiger partial charge is 0.490 e. The summed E-state index contributed by atoms with van der Waals surface area (Å²) in [5, 5.41) is 20.4. The van der Waals surface area contributed by atoms with Crippen molar-refractivity contribution in [1.82, 2.24) is 4.90 Å². The number of para-hydroxylation sites is 1. The number of alkyl halides is 3. The van der Waals surface area contributed by atoms with Crippen molar-refractivity contribution < 1.29 is 37.7 Å². The number of ether oxygens (including phenoxy) is 1. The quantitative estimate of drug-likeness (QED) is 0.268. The van der Waals surface area contributed by atoms with Gasteiger partial charge in [0.15, 0.2) is 5.96 Å². The molecule has 0 spiro atoms. The Morgan fingerprint density at radius 3 is 2.30 bits per heavy atom. The van der Waals surface area contributed by atoms with Gasteiger partial charge in [-0.25, -0.2) is 9.59 Å². The van der Waals surface area contributed by atoms with Crippen LogP contribution in [0.2, 0.25) is 5.02 Å². The lowest BCUT2D eigenvalue weighted by molar-refractivity contribution is -0.192. The number of hydrogen-bond donors (Lipinski definition) is 3. The minimum Gasteiger partial charge on any atom is -0.478 e. The number of methoxy groups -OCH3 is 1. The van der Waals surface area contributed by atoms with Crippen LogP contribution in [0.4, 0.5) is 24.5 Å². The number of carbonyl (C=O) groups is 2. The van der Waals surface area contributed by atoms with Crippen LogP contribution in [0.3, 0.4) is 0 Å². The molecule has 13 heteroatoms. The number of carboxylic acid groups (broad SMARTS) is 2. The number of benzene rings is 2. The second kappa shape index (κ2) is 14.3. The summed E-state index contributed by atoms with van der Waals surface area (Å²) in [6.45, 7) is 4.46. The molecule has 0 radical (unpaired) electrons. The van der Waals surface area contributed by atoms with Crippen LogP contribution in [0.25, 0.3) is 0 Å². The molecule has 1 heterocycles. The summed E-state index contributed by atoms with van der Waals surface area (Å²) in [6, 6.07) is 14.6. The van der Waals surface area contributed by atoms with Crippen LogP contribution in [0, 0.1) is 0 Å². The van der Waals surface area contributed by atoms with Crippen LogP contribution in [0.1, 0.15) is 16.8 Å². The van der Waals surface area contributed by atoms with E-state index >= 15 is 0 Å². The second-order valence-corrected chi connectivity index (χ2v) is 8.20. The lowest BCUT2D eigenvalue weighted by Crippen LogP contribution is -2.50. The maximum absolute atomic E-state index is 11.3. The number of aliphatic carboxylic acids is 1. The SMILES string of the molecule is COCCCN=C(Nc1cccc(C(=O)O)c1)N1CCN(c2ccccc2Cl)CC1.O=C(O)C(F)(F)F. The van der Waals surface area contributed by atoms with Crippen molar-refractivity contribution in [3.05, 3.63) is 59.1 Å². The molecular formula is C24H28ClF3N4O5. The van der Waals surface area contributed by atoms with Gasteiger partial charge in [-0.3, -0.25) is 4.99 Å². The fourth-order valence-corrected chi connectivity index (χ4v) is 3.59. The molecule has 37 heavy (non-hydrogen) atoms. The van der Waals surface area contributed by atoms with Gasteiger partial charge in [-0.1, -0.05) is 29.8 Å². The molecule has 3 N–H and O–H groups in total. The maximum atomic E-state index is 11.3. The summed E-state index contributed by atoms with van der Waals surface area (Å²) < 4.78 is 36.9. The number of anilines is 2. The molecule has 0 amide bonds. The van der Waals surface area contributed by atoms with Crippen LogP contribution >= 0.6 is 11.6 Å². The van der Waals surface area contributed by atoms with E-state index in [-0.39, 0.29) is 5.56 Å². The summed E-state index contributed by atoms with van der Waals surface area (Å²) in [6.07, 6.45) is -4.27. The molecule has 0 bridgehead atoms. The molecule has 3 rings (SSSR count). The highest BCUT2D eigenvalue weighted by atomic mass is 35.5. The van der Waals surface area contributed by atoms with E-state index in [9.17, 15) is 23.1 Å². The lowest BCUT2D eigenvalue weighted by Gasteiger charge is -2.38. The Kier molecular flexibility index (Phi) is 11.5. The normalized spacial score (nSPS) is 14.0. The van der Waals surface area contributed by atoms with Crippen molar-refractivity contribution in [2.24, 2.45) is 4.99 Å². The van der Waals surface area contributed by atoms with Crippen LogP contribution in [0.15, 0.2) is 53.5 Å². The predicted octanol–water partition coefficient (Wildman–Crippen LogP) is 4.30. The highest BCUT2D eigenvalue weighted by Gasteiger charge is 2.38. The topological polar surface area (TPSA) is 115 Å². The molecule has 202 valence electrons. The van der Waals surface area contributed by atoms with Gasteiger partial charge in [0.1, 0.15) is 0 Å². The molecule has 2 aromatic rings. The van der Waals surface area contributed by atoms with Gasteiger partial charge in [-0.15, -0.1) is 0 Å². The van der Waals surface area contributed by atoms with E-state index in [2.05, 4.69) is 15.1 Å². The fraction of sp³-hybridized carbons (Fsp3) is 0.375. The number of nitrogens with one attached hydrogen (secondary N) is 1. The Hall–Kier alpha value is -3.51. The average Bonchev–Trinajstić information content (AvgIpc) is 2.86. The summed E-state index contributed by atoms with van der Waals surface area (Å²) in [4.78, 5) is 29.4. The molecule has 0 unspecified atom stereocenters. The lowest BCUT2D eigenvalue weighted by atomic mass is 10.2. The number of aromatic carboxylic acids is 1. The Morgan fingerprint density at radius 2 is 1.73 bits per heavy atom. The van der Waals surface area contributed by atoms with Gasteiger partial charge >= 0.3 is 18.1 Å². The zero-order chi connectivity index (χ0) is 27.4. The van der Waals surface area contributed by atoms with Gasteiger partial charge in [0, 0.05) is 52.1 Å². The van der Waals surface area contributed by atoms with E-state index in [0.29, 0.717) is 18.8 Å². The highest BCUT2D eigenvalue weighted by molar-refractivity contribution is 6.33. The third-order valence-corrected chi connectivity index (χ3v) is 5.47. The van der Waals surface area contributed by atoms with Gasteiger partial charge in [0.2, 0.25) is 0 Å². The summed E-state index contributed by atoms with van der Waals surface area (Å²) in [7, 11) is 1.67. The number of halogens is 4. The number of nitrogens with zero attached hydrogens (tertiary/aromatic N) is 3. The highest BCUT2D eigenvalue weighted by Crippen LogP contribution is 2.26. The Balaban J connectivity index is 0.000000604. The van der Waals surface area contributed by atoms with Crippen LogP contribution in [-0.2, 0) is 9.53 Å². The molecule has 1 aliphatic heterocycles. The van der Waals surface area contributed by atoms with Gasteiger partial charge < -0.3 is 30.1 Å². The first-order valence-corrected chi connectivity index (χ1v) is 11.6. The van der Waals surface area contributed by atoms with Crippen molar-refractivity contribution in [3.63, 3.8) is 0 Å². The Bertz CT molecular complexity index is 1080. The molecule has 0 saturated carbocycles. The number of rotatable bonds is 7. The predicted molar refractivity (Wildman–Crippen MR) is 135 cm³/mol. The first kappa shape index (κ1) is 29.7. The van der Waals surface area contributed by atoms with Crippen molar-refractivity contribution >= 4 is 40.9 Å². The number of piperazine rings is 1. The molecule has 0 atom stereocenters. The van der Waals surface area contributed by atoms with Gasteiger partial charge in [0.25, 0.3) is 0 Å². The fourth-order valence-electron chi connectivity index (χ4n) is 3.34. The third-order valence-electron chi connectivity index (χ3n) is 5.15. The van der Waals surface area contributed by atoms with E-state index in [1.807, 2.05) is 30.3 Å². The molecular weight excluding hydrogens is 517 g/mol. The second-order valence-electron chi connectivity index (χ2n) is 7.79. The summed E-state index contributed by atoms with van der Waals surface area (Å²) in [5.74, 6) is -2.97. The number of aliphatic imine (C=N–C) groups is 1. The van der Waals surface area contributed by atoms with Crippen molar-refractivity contribution in [3.8, 4) is 0 Å². The molecule has 1 aliphatic rings. The summed E-state index contributed by atoms with van der Waals surface area (Å²) in [5.41, 5.74) is 1.98. The first-order chi connectivity index (χ1) is 17.5. The van der Waals surface area contributed by atoms with E-state index in [0.717, 1.165) is 49.3 Å². The van der Waals surface area contributed by atoms with E-state index < -0.39 is 18.1 Å². The standard InChI is InChI=1S/C22H27ClN4O3.C2HF3O2/c1-30-15-5-10-24-22(25-18-7-4-6-17(16-18)21(28)29)27-13-11-26(12-14-27)20-9-3-2-8-19(20)23;3-2(4,5)1(6)7/h2-4,6-9,16H,5,10-15H2,1H3,(H,24,25)(H,28,29);(H,6,7). The summed E-state index contributed by atoms with van der Waals surface area (Å²) >= 11 is 6.35. The minimum atomic E-state index is -5.08. The van der Waals surface area contributed by atoms with Gasteiger partial charge in [0.05, 0.1) is 16.3 Å². The molecule has 0 aromatic heterocycles. The van der Waals surface area contributed by atoms with E-state index in [1.54, 1.807) is 25.3 Å². The van der Waals surface area contributed by atoms with Crippen LogP contribution in [0.5, 0.6) is 0 Å². The Labute approximate surface area is 217 Å². The average molecular weight is 545 g/mol. The first-order valence-electron chi connectivity index (χ1n) is 11.2. The number of guanidine groups is 1. The van der Waals surface area contributed by atoms with Crippen molar-refractivity contribution in [1.29, 1.82) is 0 Å². The van der Waals surface area contributed by atoms with Gasteiger partial charge in [-0.05, 0) is 36.8 Å². The van der Waals surface area contributed by atoms with Crippen LogP contribution < -0.4 is 10.2 Å². The maximum Gasteiger partial charge on any atom is 0.490 e. The van der Waals surface area contributed by atoms with E-state index in [4.69, 9.17) is 31.2 Å². The van der Waals surface area contributed by atoms with Gasteiger partial charge in [-0.2, -0.15) is 13.2 Å². The van der Waals surface area contributed by atoms with E-state index in [1.165, 1.54) is 0 Å². The molecule has 1 fully saturated rings. The molecule has 0 aliphatic carbocycles. The Morgan fingerprint density at radius 1 is 1.08 bits per heavy atom. The monoisotopic (exact) mass is 544 g/mol. The van der Waals surface area contributed by atoms with Crippen LogP contribution in [-0.4, -0.2) is 85.6 Å². The zero-order valence-electron chi connectivity index (χ0n) is 20.0. The number of carboxylic acids is 2. The third kappa shape index (κ3) is 9.81. The minimum absolute atomic E-state index is 0.238.